The first-order valence-electron chi connectivity index (χ1n) is 8.77. The Labute approximate surface area is 151 Å². The predicted molar refractivity (Wildman–Crippen MR) is 105 cm³/mol. The molecular formula is C22H20N2O2. The molecule has 0 radical (unpaired) electrons. The van der Waals surface area contributed by atoms with E-state index in [1.165, 1.54) is 11.1 Å². The Hall–Kier alpha value is -3.14. The van der Waals surface area contributed by atoms with E-state index in [1.807, 2.05) is 43.3 Å². The second kappa shape index (κ2) is 6.64. The van der Waals surface area contributed by atoms with Gasteiger partial charge in [-0.05, 0) is 55.3 Å². The molecule has 0 saturated carbocycles. The van der Waals surface area contributed by atoms with Crippen molar-refractivity contribution in [2.75, 3.05) is 6.61 Å². The van der Waals surface area contributed by atoms with E-state index in [2.05, 4.69) is 28.6 Å². The number of ether oxygens (including phenoxy) is 1. The number of hydrogen-bond acceptors (Lipinski definition) is 3. The number of hydrogen-bond donors (Lipinski definition) is 0. The third-order valence-electron chi connectivity index (χ3n) is 4.69. The average molecular weight is 344 g/mol. The number of pyridine rings is 2. The third-order valence-corrected chi connectivity index (χ3v) is 4.69. The second-order valence-corrected chi connectivity index (χ2v) is 6.33. The Bertz CT molecular complexity index is 1160. The molecule has 4 heteroatoms. The van der Waals surface area contributed by atoms with Gasteiger partial charge in [0.2, 0.25) is 0 Å². The molecule has 0 amide bonds. The van der Waals surface area contributed by atoms with Gasteiger partial charge in [-0.3, -0.25) is 4.79 Å². The monoisotopic (exact) mass is 344 g/mol. The van der Waals surface area contributed by atoms with Crippen LogP contribution in [0.25, 0.3) is 21.9 Å². The van der Waals surface area contributed by atoms with E-state index in [0.29, 0.717) is 35.3 Å². The van der Waals surface area contributed by atoms with Crippen LogP contribution in [0.5, 0.6) is 5.75 Å². The largest absolute Gasteiger partial charge is 0.494 e. The molecule has 0 aliphatic carbocycles. The molecule has 0 spiro atoms. The molecule has 0 N–H and O–H groups in total. The molecule has 4 rings (SSSR count). The van der Waals surface area contributed by atoms with Crippen molar-refractivity contribution >= 4 is 21.9 Å². The highest BCUT2D eigenvalue weighted by Crippen LogP contribution is 2.24. The SMILES string of the molecule is CCOc1ccc2c(c1)c(=O)c1cccnc1n2Cc1ccccc1C. The standard InChI is InChI=1S/C22H20N2O2/c1-3-26-17-10-11-20-19(13-17)21(25)18-9-6-12-23-22(18)24(20)14-16-8-5-4-7-15(16)2/h4-13H,3,14H2,1-2H3. The topological polar surface area (TPSA) is 44.1 Å². The fourth-order valence-corrected chi connectivity index (χ4v) is 3.36. The summed E-state index contributed by atoms with van der Waals surface area (Å²) < 4.78 is 7.71. The first-order chi connectivity index (χ1) is 12.7. The van der Waals surface area contributed by atoms with Gasteiger partial charge in [-0.2, -0.15) is 0 Å². The maximum absolute atomic E-state index is 13.0. The van der Waals surface area contributed by atoms with Crippen LogP contribution in [0.2, 0.25) is 0 Å². The van der Waals surface area contributed by atoms with Crippen LogP contribution in [-0.2, 0) is 6.54 Å². The Morgan fingerprint density at radius 1 is 1.04 bits per heavy atom. The zero-order valence-corrected chi connectivity index (χ0v) is 14.9. The summed E-state index contributed by atoms with van der Waals surface area (Å²) >= 11 is 0. The number of fused-ring (bicyclic) bond motifs is 2. The fraction of sp³-hybridized carbons (Fsp3) is 0.182. The smallest absolute Gasteiger partial charge is 0.198 e. The van der Waals surface area contributed by atoms with Crippen molar-refractivity contribution in [3.05, 3.63) is 82.1 Å². The summed E-state index contributed by atoms with van der Waals surface area (Å²) in [4.78, 5) is 17.5. The molecule has 130 valence electrons. The summed E-state index contributed by atoms with van der Waals surface area (Å²) in [5.41, 5.74) is 3.99. The molecule has 4 aromatic rings. The minimum Gasteiger partial charge on any atom is -0.494 e. The number of aryl methyl sites for hydroxylation is 1. The Morgan fingerprint density at radius 3 is 2.69 bits per heavy atom. The van der Waals surface area contributed by atoms with Gasteiger partial charge in [-0.25, -0.2) is 4.98 Å². The quantitative estimate of drug-likeness (QED) is 0.518. The summed E-state index contributed by atoms with van der Waals surface area (Å²) in [6.45, 7) is 5.26. The molecule has 4 nitrogen and oxygen atoms in total. The predicted octanol–water partition coefficient (Wildman–Crippen LogP) is 4.31. The van der Waals surface area contributed by atoms with E-state index in [-0.39, 0.29) is 5.43 Å². The third kappa shape index (κ3) is 2.73. The summed E-state index contributed by atoms with van der Waals surface area (Å²) in [6, 6.07) is 17.6. The van der Waals surface area contributed by atoms with Crippen LogP contribution in [0.4, 0.5) is 0 Å². The lowest BCUT2D eigenvalue weighted by Gasteiger charge is -2.16. The van der Waals surface area contributed by atoms with Gasteiger partial charge in [-0.15, -0.1) is 0 Å². The molecule has 0 unspecified atom stereocenters. The maximum Gasteiger partial charge on any atom is 0.198 e. The highest BCUT2D eigenvalue weighted by molar-refractivity contribution is 5.92. The van der Waals surface area contributed by atoms with Gasteiger partial charge in [0, 0.05) is 12.7 Å². The summed E-state index contributed by atoms with van der Waals surface area (Å²) in [5, 5.41) is 1.28. The molecule has 0 fully saturated rings. The van der Waals surface area contributed by atoms with Crippen LogP contribution in [-0.4, -0.2) is 16.2 Å². The molecule has 2 heterocycles. The molecule has 0 saturated heterocycles. The number of rotatable bonds is 4. The van der Waals surface area contributed by atoms with Crippen molar-refractivity contribution in [3.63, 3.8) is 0 Å². The Balaban J connectivity index is 2.04. The van der Waals surface area contributed by atoms with Gasteiger partial charge in [0.25, 0.3) is 0 Å². The van der Waals surface area contributed by atoms with E-state index < -0.39 is 0 Å². The van der Waals surface area contributed by atoms with E-state index >= 15 is 0 Å². The molecule has 0 aliphatic heterocycles. The highest BCUT2D eigenvalue weighted by Gasteiger charge is 2.13. The van der Waals surface area contributed by atoms with E-state index in [9.17, 15) is 4.79 Å². The highest BCUT2D eigenvalue weighted by atomic mass is 16.5. The zero-order chi connectivity index (χ0) is 18.1. The molecular weight excluding hydrogens is 324 g/mol. The summed E-state index contributed by atoms with van der Waals surface area (Å²) in [6.07, 6.45) is 1.73. The first kappa shape index (κ1) is 16.3. The number of aromatic nitrogens is 2. The van der Waals surface area contributed by atoms with Gasteiger partial charge in [0.15, 0.2) is 5.43 Å². The van der Waals surface area contributed by atoms with Crippen molar-refractivity contribution < 1.29 is 4.74 Å². The van der Waals surface area contributed by atoms with Crippen molar-refractivity contribution in [1.29, 1.82) is 0 Å². The zero-order valence-electron chi connectivity index (χ0n) is 14.9. The van der Waals surface area contributed by atoms with Gasteiger partial charge in [0.1, 0.15) is 11.4 Å². The molecule has 0 bridgehead atoms. The van der Waals surface area contributed by atoms with Crippen LogP contribution in [0, 0.1) is 6.92 Å². The lowest BCUT2D eigenvalue weighted by atomic mass is 10.1. The molecule has 0 atom stereocenters. The fourth-order valence-electron chi connectivity index (χ4n) is 3.36. The normalized spacial score (nSPS) is 11.2. The first-order valence-corrected chi connectivity index (χ1v) is 8.77. The van der Waals surface area contributed by atoms with Crippen LogP contribution in [0.3, 0.4) is 0 Å². The molecule has 2 aromatic carbocycles. The van der Waals surface area contributed by atoms with Crippen molar-refractivity contribution in [2.24, 2.45) is 0 Å². The van der Waals surface area contributed by atoms with Crippen molar-refractivity contribution in [3.8, 4) is 5.75 Å². The Kier molecular flexibility index (Phi) is 4.17. The van der Waals surface area contributed by atoms with E-state index in [1.54, 1.807) is 12.3 Å². The van der Waals surface area contributed by atoms with Gasteiger partial charge < -0.3 is 9.30 Å². The molecule has 2 aromatic heterocycles. The van der Waals surface area contributed by atoms with Gasteiger partial charge in [0.05, 0.1) is 22.9 Å². The maximum atomic E-state index is 13.0. The summed E-state index contributed by atoms with van der Waals surface area (Å²) in [5.74, 6) is 0.711. The number of benzene rings is 2. The lowest BCUT2D eigenvalue weighted by Crippen LogP contribution is -2.14. The number of nitrogens with zero attached hydrogens (tertiary/aromatic N) is 2. The summed E-state index contributed by atoms with van der Waals surface area (Å²) in [7, 11) is 0. The van der Waals surface area contributed by atoms with Crippen LogP contribution in [0.1, 0.15) is 18.1 Å². The van der Waals surface area contributed by atoms with Crippen LogP contribution >= 0.6 is 0 Å². The van der Waals surface area contributed by atoms with E-state index in [4.69, 9.17) is 4.74 Å². The van der Waals surface area contributed by atoms with Crippen LogP contribution in [0.15, 0.2) is 65.6 Å². The molecule has 26 heavy (non-hydrogen) atoms. The van der Waals surface area contributed by atoms with Crippen molar-refractivity contribution in [2.45, 2.75) is 20.4 Å². The van der Waals surface area contributed by atoms with Crippen molar-refractivity contribution in [1.82, 2.24) is 9.55 Å². The average Bonchev–Trinajstić information content (AvgIpc) is 2.67. The van der Waals surface area contributed by atoms with Gasteiger partial charge in [-0.1, -0.05) is 24.3 Å². The lowest BCUT2D eigenvalue weighted by molar-refractivity contribution is 0.340. The minimum atomic E-state index is -0.00862. The second-order valence-electron chi connectivity index (χ2n) is 6.33. The minimum absolute atomic E-state index is 0.00862. The molecule has 0 aliphatic rings. The Morgan fingerprint density at radius 2 is 1.88 bits per heavy atom. The van der Waals surface area contributed by atoms with Gasteiger partial charge >= 0.3 is 0 Å². The van der Waals surface area contributed by atoms with Crippen LogP contribution < -0.4 is 10.2 Å². The van der Waals surface area contributed by atoms with E-state index in [0.717, 1.165) is 5.52 Å².